The van der Waals surface area contributed by atoms with Gasteiger partial charge in [0.1, 0.15) is 5.78 Å². The van der Waals surface area contributed by atoms with E-state index < -0.39 is 0 Å². The van der Waals surface area contributed by atoms with Crippen LogP contribution in [0.5, 0.6) is 0 Å². The van der Waals surface area contributed by atoms with Crippen LogP contribution in [0.25, 0.3) is 0 Å². The molecule has 2 N–H and O–H groups in total. The SMILES string of the molecule is CC(=O)[C@H]1CC[C@H]2[C@@H]3CC[C@H]4C[C@H](O)CC[C@]4(C)[C@H]3C[C@@H](O)[C@]12C. The van der Waals surface area contributed by atoms with Crippen molar-refractivity contribution in [2.45, 2.75) is 84.3 Å². The van der Waals surface area contributed by atoms with Gasteiger partial charge in [-0.05, 0) is 87.4 Å². The summed E-state index contributed by atoms with van der Waals surface area (Å²) in [7, 11) is 0. The number of carbonyl (C=O) groups is 1. The standard InChI is InChI=1S/C21H34O3/c1-12(22)16-6-7-17-15-5-4-13-10-14(23)8-9-20(13,2)18(15)11-19(24)21(16,17)3/h13-19,23-24H,4-11H2,1-3H3/t13-,14+,15-,16+,17-,18-,19+,20-,21+/m0/s1. The number of hydrogen-bond donors (Lipinski definition) is 2. The zero-order valence-electron chi connectivity index (χ0n) is 15.5. The van der Waals surface area contributed by atoms with Crippen molar-refractivity contribution in [3.05, 3.63) is 0 Å². The van der Waals surface area contributed by atoms with Gasteiger partial charge in [-0.2, -0.15) is 0 Å². The molecule has 4 aliphatic carbocycles. The van der Waals surface area contributed by atoms with Crippen LogP contribution in [0.2, 0.25) is 0 Å². The molecule has 0 bridgehead atoms. The lowest BCUT2D eigenvalue weighted by Crippen LogP contribution is -2.58. The number of rotatable bonds is 1. The molecule has 0 aromatic rings. The molecule has 0 saturated heterocycles. The van der Waals surface area contributed by atoms with Crippen LogP contribution >= 0.6 is 0 Å². The first kappa shape index (κ1) is 17.0. The molecule has 0 spiro atoms. The van der Waals surface area contributed by atoms with Crippen LogP contribution in [0.1, 0.15) is 72.1 Å². The van der Waals surface area contributed by atoms with Crippen LogP contribution in [-0.4, -0.2) is 28.2 Å². The Balaban J connectivity index is 1.66. The Morgan fingerprint density at radius 2 is 1.71 bits per heavy atom. The summed E-state index contributed by atoms with van der Waals surface area (Å²) in [6.07, 6.45) is 7.92. The summed E-state index contributed by atoms with van der Waals surface area (Å²) in [5.74, 6) is 2.69. The third kappa shape index (κ3) is 2.13. The average Bonchev–Trinajstić information content (AvgIpc) is 2.88. The normalized spacial score (nSPS) is 57.0. The fourth-order valence-corrected chi connectivity index (χ4v) is 7.86. The minimum Gasteiger partial charge on any atom is -0.393 e. The zero-order chi connectivity index (χ0) is 17.3. The van der Waals surface area contributed by atoms with Crippen LogP contribution in [-0.2, 0) is 4.79 Å². The molecule has 0 aromatic carbocycles. The molecule has 4 saturated carbocycles. The Hall–Kier alpha value is -0.410. The Morgan fingerprint density at radius 3 is 2.42 bits per heavy atom. The van der Waals surface area contributed by atoms with Crippen molar-refractivity contribution in [2.24, 2.45) is 40.4 Å². The van der Waals surface area contributed by atoms with E-state index in [0.717, 1.165) is 38.5 Å². The van der Waals surface area contributed by atoms with Crippen molar-refractivity contribution < 1.29 is 15.0 Å². The summed E-state index contributed by atoms with van der Waals surface area (Å²) >= 11 is 0. The van der Waals surface area contributed by atoms with E-state index in [9.17, 15) is 15.0 Å². The molecule has 0 aliphatic heterocycles. The highest BCUT2D eigenvalue weighted by Crippen LogP contribution is 2.67. The first-order valence-electron chi connectivity index (χ1n) is 10.1. The molecule has 4 fully saturated rings. The average molecular weight is 335 g/mol. The minimum atomic E-state index is -0.345. The van der Waals surface area contributed by atoms with Gasteiger partial charge in [-0.25, -0.2) is 0 Å². The summed E-state index contributed by atoms with van der Waals surface area (Å²) in [5, 5.41) is 21.3. The Morgan fingerprint density at radius 1 is 0.958 bits per heavy atom. The van der Waals surface area contributed by atoms with E-state index in [2.05, 4.69) is 13.8 Å². The molecule has 4 rings (SSSR count). The summed E-state index contributed by atoms with van der Waals surface area (Å²) in [5.41, 5.74) is 0.0726. The topological polar surface area (TPSA) is 57.5 Å². The quantitative estimate of drug-likeness (QED) is 0.771. The van der Waals surface area contributed by atoms with Gasteiger partial charge in [-0.15, -0.1) is 0 Å². The first-order chi connectivity index (χ1) is 11.3. The van der Waals surface area contributed by atoms with Crippen molar-refractivity contribution in [2.75, 3.05) is 0 Å². The fourth-order valence-electron chi connectivity index (χ4n) is 7.86. The number of aliphatic hydroxyl groups excluding tert-OH is 2. The van der Waals surface area contributed by atoms with Crippen molar-refractivity contribution >= 4 is 5.78 Å². The number of aliphatic hydroxyl groups is 2. The Kier molecular flexibility index (Phi) is 3.93. The maximum atomic E-state index is 12.2. The van der Waals surface area contributed by atoms with Crippen molar-refractivity contribution in [1.82, 2.24) is 0 Å². The molecule has 0 aromatic heterocycles. The maximum absolute atomic E-state index is 12.2. The van der Waals surface area contributed by atoms with Gasteiger partial charge in [0.05, 0.1) is 12.2 Å². The largest absolute Gasteiger partial charge is 0.393 e. The fraction of sp³-hybridized carbons (Fsp3) is 0.952. The molecule has 3 heteroatoms. The van der Waals surface area contributed by atoms with Crippen LogP contribution in [0, 0.1) is 40.4 Å². The molecular weight excluding hydrogens is 300 g/mol. The van der Waals surface area contributed by atoms with E-state index in [1.165, 1.54) is 12.8 Å². The van der Waals surface area contributed by atoms with Gasteiger partial charge in [-0.1, -0.05) is 13.8 Å². The summed E-state index contributed by atoms with van der Waals surface area (Å²) in [6, 6.07) is 0. The van der Waals surface area contributed by atoms with Gasteiger partial charge in [-0.3, -0.25) is 4.79 Å². The Labute approximate surface area is 146 Å². The minimum absolute atomic E-state index is 0.0529. The highest BCUT2D eigenvalue weighted by atomic mass is 16.3. The van der Waals surface area contributed by atoms with E-state index >= 15 is 0 Å². The molecule has 0 heterocycles. The van der Waals surface area contributed by atoms with E-state index in [1.54, 1.807) is 6.92 Å². The molecule has 0 unspecified atom stereocenters. The van der Waals surface area contributed by atoms with Crippen LogP contribution in [0.15, 0.2) is 0 Å². The van der Waals surface area contributed by atoms with Crippen molar-refractivity contribution in [3.63, 3.8) is 0 Å². The number of Topliss-reactive ketones (excluding diaryl/α,β-unsaturated/α-hetero) is 1. The third-order valence-electron chi connectivity index (χ3n) is 9.24. The number of ketones is 1. The molecule has 24 heavy (non-hydrogen) atoms. The van der Waals surface area contributed by atoms with Crippen molar-refractivity contribution in [3.8, 4) is 0 Å². The highest BCUT2D eigenvalue weighted by Gasteiger charge is 2.63. The lowest BCUT2D eigenvalue weighted by molar-refractivity contribution is -0.173. The smallest absolute Gasteiger partial charge is 0.133 e. The van der Waals surface area contributed by atoms with Gasteiger partial charge < -0.3 is 10.2 Å². The van der Waals surface area contributed by atoms with Gasteiger partial charge in [0, 0.05) is 11.3 Å². The van der Waals surface area contributed by atoms with Crippen LogP contribution in [0.4, 0.5) is 0 Å². The predicted octanol–water partition coefficient (Wildman–Crippen LogP) is 3.57. The molecule has 4 aliphatic rings. The zero-order valence-corrected chi connectivity index (χ0v) is 15.5. The molecular formula is C21H34O3. The summed E-state index contributed by atoms with van der Waals surface area (Å²) in [4.78, 5) is 12.2. The van der Waals surface area contributed by atoms with Gasteiger partial charge in [0.2, 0.25) is 0 Å². The number of hydrogen-bond acceptors (Lipinski definition) is 3. The molecule has 136 valence electrons. The molecule has 9 atom stereocenters. The summed E-state index contributed by atoms with van der Waals surface area (Å²) < 4.78 is 0. The first-order valence-corrected chi connectivity index (χ1v) is 10.1. The second-order valence-corrected chi connectivity index (χ2v) is 9.94. The monoisotopic (exact) mass is 334 g/mol. The molecule has 3 nitrogen and oxygen atoms in total. The van der Waals surface area contributed by atoms with Gasteiger partial charge in [0.25, 0.3) is 0 Å². The maximum Gasteiger partial charge on any atom is 0.133 e. The van der Waals surface area contributed by atoms with Crippen molar-refractivity contribution in [1.29, 1.82) is 0 Å². The number of carbonyl (C=O) groups excluding carboxylic acids is 1. The van der Waals surface area contributed by atoms with Gasteiger partial charge >= 0.3 is 0 Å². The van der Waals surface area contributed by atoms with Crippen LogP contribution < -0.4 is 0 Å². The van der Waals surface area contributed by atoms with Crippen LogP contribution in [0.3, 0.4) is 0 Å². The molecule has 0 radical (unpaired) electrons. The second-order valence-electron chi connectivity index (χ2n) is 9.94. The second kappa shape index (κ2) is 5.54. The lowest BCUT2D eigenvalue weighted by atomic mass is 9.44. The number of fused-ring (bicyclic) bond motifs is 5. The van der Waals surface area contributed by atoms with E-state index in [-0.39, 0.29) is 34.7 Å². The highest BCUT2D eigenvalue weighted by molar-refractivity contribution is 5.79. The van der Waals surface area contributed by atoms with E-state index in [4.69, 9.17) is 0 Å². The van der Waals surface area contributed by atoms with Gasteiger partial charge in [0.15, 0.2) is 0 Å². The molecule has 0 amide bonds. The predicted molar refractivity (Wildman–Crippen MR) is 93.3 cm³/mol. The third-order valence-corrected chi connectivity index (χ3v) is 9.24. The van der Waals surface area contributed by atoms with E-state index in [1.807, 2.05) is 0 Å². The summed E-state index contributed by atoms with van der Waals surface area (Å²) in [6.45, 7) is 6.36. The lowest BCUT2D eigenvalue weighted by Gasteiger charge is -2.62. The van der Waals surface area contributed by atoms with E-state index in [0.29, 0.717) is 23.7 Å². The Bertz CT molecular complexity index is 531.